The van der Waals surface area contributed by atoms with E-state index in [2.05, 4.69) is 35.7 Å². The minimum Gasteiger partial charge on any atom is -0.373 e. The summed E-state index contributed by atoms with van der Waals surface area (Å²) in [6.45, 7) is 4.99. The monoisotopic (exact) mass is 281 g/mol. The number of hydrogen-bond acceptors (Lipinski definition) is 4. The van der Waals surface area contributed by atoms with Crippen molar-refractivity contribution in [2.24, 2.45) is 0 Å². The molecule has 0 unspecified atom stereocenters. The van der Waals surface area contributed by atoms with Crippen LogP contribution in [0.3, 0.4) is 0 Å². The van der Waals surface area contributed by atoms with Gasteiger partial charge >= 0.3 is 0 Å². The van der Waals surface area contributed by atoms with Crippen molar-refractivity contribution in [3.05, 3.63) is 23.9 Å². The molecule has 1 aromatic heterocycles. The Hall–Kier alpha value is -1.23. The van der Waals surface area contributed by atoms with Gasteiger partial charge in [-0.25, -0.2) is 4.98 Å². The normalized spacial score (nSPS) is 11.2. The minimum atomic E-state index is -0.113. The van der Waals surface area contributed by atoms with Gasteiger partial charge in [-0.3, -0.25) is 4.79 Å². The number of nitrogens with zero attached hydrogens (tertiary/aromatic N) is 1. The lowest BCUT2D eigenvalue weighted by molar-refractivity contribution is 0.0944. The maximum absolute atomic E-state index is 12.1. The highest BCUT2D eigenvalue weighted by molar-refractivity contribution is 8.00. The van der Waals surface area contributed by atoms with E-state index >= 15 is 0 Å². The number of nitrogens with one attached hydrogen (secondary N) is 2. The van der Waals surface area contributed by atoms with Gasteiger partial charge in [-0.05, 0) is 31.2 Å². The molecule has 0 aliphatic rings. The summed E-state index contributed by atoms with van der Waals surface area (Å²) in [7, 11) is 1.79. The highest BCUT2D eigenvalue weighted by Crippen LogP contribution is 2.29. The number of hydrogen-bond donors (Lipinski definition) is 2. The standard InChI is InChI=1S/C14H23N3OS/c1-5-14(6-2,19-4)10-16-13(18)11-8-7-9-12(15-3)17-11/h7-9H,5-6,10H2,1-4H3,(H,15,17)(H,16,18). The Morgan fingerprint density at radius 3 is 2.58 bits per heavy atom. The van der Waals surface area contributed by atoms with E-state index in [9.17, 15) is 4.79 Å². The SMILES string of the molecule is CCC(CC)(CNC(=O)c1cccc(NC)n1)SC. The summed E-state index contributed by atoms with van der Waals surface area (Å²) in [6.07, 6.45) is 4.17. The maximum atomic E-state index is 12.1. The van der Waals surface area contributed by atoms with Gasteiger partial charge in [0.2, 0.25) is 0 Å². The molecule has 0 saturated heterocycles. The Morgan fingerprint density at radius 1 is 1.37 bits per heavy atom. The van der Waals surface area contributed by atoms with Crippen LogP contribution < -0.4 is 10.6 Å². The molecule has 1 aromatic rings. The summed E-state index contributed by atoms with van der Waals surface area (Å²) >= 11 is 1.81. The molecule has 1 rings (SSSR count). The quantitative estimate of drug-likeness (QED) is 0.807. The van der Waals surface area contributed by atoms with Gasteiger partial charge in [0.15, 0.2) is 0 Å². The van der Waals surface area contributed by atoms with E-state index < -0.39 is 0 Å². The van der Waals surface area contributed by atoms with E-state index in [4.69, 9.17) is 0 Å². The average Bonchev–Trinajstić information content (AvgIpc) is 2.49. The van der Waals surface area contributed by atoms with Crippen molar-refractivity contribution in [3.8, 4) is 0 Å². The number of anilines is 1. The summed E-state index contributed by atoms with van der Waals surface area (Å²) in [5.74, 6) is 0.590. The van der Waals surface area contributed by atoms with E-state index in [0.29, 0.717) is 18.1 Å². The highest BCUT2D eigenvalue weighted by Gasteiger charge is 2.25. The van der Waals surface area contributed by atoms with Gasteiger partial charge in [-0.2, -0.15) is 11.8 Å². The summed E-state index contributed by atoms with van der Waals surface area (Å²) in [5, 5.41) is 5.93. The molecule has 0 saturated carbocycles. The zero-order chi connectivity index (χ0) is 14.3. The zero-order valence-electron chi connectivity index (χ0n) is 12.1. The van der Waals surface area contributed by atoms with Gasteiger partial charge in [0.25, 0.3) is 5.91 Å². The van der Waals surface area contributed by atoms with Gasteiger partial charge in [-0.15, -0.1) is 0 Å². The number of thioether (sulfide) groups is 1. The minimum absolute atomic E-state index is 0.113. The first kappa shape index (κ1) is 15.8. The van der Waals surface area contributed by atoms with Crippen LogP contribution in [0.15, 0.2) is 18.2 Å². The fourth-order valence-corrected chi connectivity index (χ4v) is 2.69. The van der Waals surface area contributed by atoms with Crippen molar-refractivity contribution in [2.45, 2.75) is 31.4 Å². The highest BCUT2D eigenvalue weighted by atomic mass is 32.2. The molecule has 19 heavy (non-hydrogen) atoms. The van der Waals surface area contributed by atoms with Crippen LogP contribution >= 0.6 is 11.8 Å². The smallest absolute Gasteiger partial charge is 0.270 e. The van der Waals surface area contributed by atoms with Crippen LogP contribution in [0.25, 0.3) is 0 Å². The fraction of sp³-hybridized carbons (Fsp3) is 0.571. The molecule has 0 fully saturated rings. The first-order valence-corrected chi connectivity index (χ1v) is 7.81. The van der Waals surface area contributed by atoms with Crippen LogP contribution in [0, 0.1) is 0 Å². The van der Waals surface area contributed by atoms with Gasteiger partial charge in [0, 0.05) is 18.3 Å². The molecule has 0 aliphatic heterocycles. The van der Waals surface area contributed by atoms with Crippen molar-refractivity contribution in [3.63, 3.8) is 0 Å². The Bertz CT molecular complexity index is 411. The van der Waals surface area contributed by atoms with E-state index in [1.54, 1.807) is 13.1 Å². The van der Waals surface area contributed by atoms with Crippen LogP contribution in [0.1, 0.15) is 37.2 Å². The number of carbonyl (C=O) groups is 1. The van der Waals surface area contributed by atoms with Gasteiger partial charge in [0.1, 0.15) is 11.5 Å². The molecular weight excluding hydrogens is 258 g/mol. The Labute approximate surface area is 119 Å². The number of carbonyl (C=O) groups excluding carboxylic acids is 1. The number of pyridine rings is 1. The summed E-state index contributed by atoms with van der Waals surface area (Å²) < 4.78 is 0.121. The van der Waals surface area contributed by atoms with Crippen molar-refractivity contribution in [1.82, 2.24) is 10.3 Å². The van der Waals surface area contributed by atoms with E-state index in [1.807, 2.05) is 23.9 Å². The third-order valence-electron chi connectivity index (χ3n) is 3.53. The van der Waals surface area contributed by atoms with E-state index in [1.165, 1.54) is 0 Å². The second kappa shape index (κ2) is 7.38. The maximum Gasteiger partial charge on any atom is 0.270 e. The largest absolute Gasteiger partial charge is 0.373 e. The number of amides is 1. The van der Waals surface area contributed by atoms with Crippen LogP contribution in [0.2, 0.25) is 0 Å². The molecule has 0 bridgehead atoms. The van der Waals surface area contributed by atoms with Crippen molar-refractivity contribution in [2.75, 3.05) is 25.2 Å². The summed E-state index contributed by atoms with van der Waals surface area (Å²) in [4.78, 5) is 16.3. The van der Waals surface area contributed by atoms with Crippen molar-refractivity contribution >= 4 is 23.5 Å². The predicted molar refractivity (Wildman–Crippen MR) is 82.9 cm³/mol. The van der Waals surface area contributed by atoms with Crippen molar-refractivity contribution < 1.29 is 4.79 Å². The van der Waals surface area contributed by atoms with E-state index in [0.717, 1.165) is 12.8 Å². The lowest BCUT2D eigenvalue weighted by Gasteiger charge is -2.29. The third-order valence-corrected chi connectivity index (χ3v) is 5.12. The second-order valence-electron chi connectivity index (χ2n) is 4.43. The number of rotatable bonds is 7. The van der Waals surface area contributed by atoms with E-state index in [-0.39, 0.29) is 10.7 Å². The number of aromatic nitrogens is 1. The topological polar surface area (TPSA) is 54.0 Å². The zero-order valence-corrected chi connectivity index (χ0v) is 12.9. The fourth-order valence-electron chi connectivity index (χ4n) is 1.89. The van der Waals surface area contributed by atoms with Crippen LogP contribution in [0.5, 0.6) is 0 Å². The first-order valence-electron chi connectivity index (χ1n) is 6.59. The molecule has 1 amide bonds. The summed E-state index contributed by atoms with van der Waals surface area (Å²) in [6, 6.07) is 5.39. The lowest BCUT2D eigenvalue weighted by Crippen LogP contribution is -2.39. The molecule has 5 heteroatoms. The third kappa shape index (κ3) is 4.13. The average molecular weight is 281 g/mol. The molecule has 0 aromatic carbocycles. The molecule has 106 valence electrons. The van der Waals surface area contributed by atoms with Crippen LogP contribution in [-0.2, 0) is 0 Å². The molecule has 0 atom stereocenters. The summed E-state index contributed by atoms with van der Waals surface area (Å²) in [5.41, 5.74) is 0.453. The van der Waals surface area contributed by atoms with Crippen LogP contribution in [-0.4, -0.2) is 35.5 Å². The molecule has 4 nitrogen and oxygen atoms in total. The molecule has 1 heterocycles. The van der Waals surface area contributed by atoms with Gasteiger partial charge in [0.05, 0.1) is 0 Å². The van der Waals surface area contributed by atoms with Crippen LogP contribution in [0.4, 0.5) is 5.82 Å². The molecule has 0 spiro atoms. The molecule has 0 aliphatic carbocycles. The Morgan fingerprint density at radius 2 is 2.05 bits per heavy atom. The second-order valence-corrected chi connectivity index (χ2v) is 5.71. The van der Waals surface area contributed by atoms with Gasteiger partial charge in [-0.1, -0.05) is 19.9 Å². The Balaban J connectivity index is 2.69. The Kier molecular flexibility index (Phi) is 6.15. The molecule has 2 N–H and O–H groups in total. The van der Waals surface area contributed by atoms with Crippen molar-refractivity contribution in [1.29, 1.82) is 0 Å². The molecule has 0 radical (unpaired) electrons. The molecular formula is C14H23N3OS. The first-order chi connectivity index (χ1) is 9.10. The van der Waals surface area contributed by atoms with Gasteiger partial charge < -0.3 is 10.6 Å². The lowest BCUT2D eigenvalue weighted by atomic mass is 10.0. The predicted octanol–water partition coefficient (Wildman–Crippen LogP) is 2.77.